The summed E-state index contributed by atoms with van der Waals surface area (Å²) in [7, 11) is 5.11. The molecule has 0 spiro atoms. The highest BCUT2D eigenvalue weighted by atomic mass is 35.5. The zero-order valence-corrected chi connectivity index (χ0v) is 17.5. The van der Waals surface area contributed by atoms with Crippen molar-refractivity contribution in [3.63, 3.8) is 0 Å². The number of benzene rings is 2. The van der Waals surface area contributed by atoms with E-state index in [1.807, 2.05) is 37.4 Å². The molecular weight excluding hydrogens is 399 g/mol. The molecule has 6 nitrogen and oxygen atoms in total. The Morgan fingerprint density at radius 1 is 1.18 bits per heavy atom. The fourth-order valence-electron chi connectivity index (χ4n) is 2.99. The van der Waals surface area contributed by atoms with Crippen molar-refractivity contribution in [1.29, 1.82) is 0 Å². The zero-order valence-electron chi connectivity index (χ0n) is 15.9. The summed E-state index contributed by atoms with van der Waals surface area (Å²) >= 11 is 12.4. The molecule has 0 fully saturated rings. The molecule has 0 unspecified atom stereocenters. The number of fused-ring (bicyclic) bond motifs is 1. The van der Waals surface area contributed by atoms with Crippen LogP contribution < -0.4 is 5.32 Å². The van der Waals surface area contributed by atoms with Crippen LogP contribution in [0.1, 0.15) is 6.42 Å². The number of halogens is 2. The van der Waals surface area contributed by atoms with E-state index >= 15 is 0 Å². The van der Waals surface area contributed by atoms with Crippen LogP contribution in [0.15, 0.2) is 41.4 Å². The summed E-state index contributed by atoms with van der Waals surface area (Å²) in [6.07, 6.45) is 2.15. The first kappa shape index (κ1) is 20.6. The van der Waals surface area contributed by atoms with Crippen molar-refractivity contribution in [1.82, 2.24) is 15.1 Å². The molecule has 0 amide bonds. The Balaban J connectivity index is 1.85. The molecule has 0 aliphatic heterocycles. The van der Waals surface area contributed by atoms with Gasteiger partial charge >= 0.3 is 0 Å². The first-order valence-electron chi connectivity index (χ1n) is 8.77. The molecule has 2 aromatic carbocycles. The van der Waals surface area contributed by atoms with Crippen molar-refractivity contribution >= 4 is 46.3 Å². The van der Waals surface area contributed by atoms with Crippen LogP contribution in [0.3, 0.4) is 0 Å². The maximum absolute atomic E-state index is 6.40. The van der Waals surface area contributed by atoms with Gasteiger partial charge in [-0.2, -0.15) is 5.10 Å². The van der Waals surface area contributed by atoms with E-state index in [0.29, 0.717) is 23.0 Å². The van der Waals surface area contributed by atoms with Crippen molar-refractivity contribution in [2.24, 2.45) is 12.0 Å². The summed E-state index contributed by atoms with van der Waals surface area (Å²) in [6.45, 7) is 0.678. The molecule has 0 radical (unpaired) electrons. The molecule has 28 heavy (non-hydrogen) atoms. The van der Waals surface area contributed by atoms with Crippen LogP contribution in [0.2, 0.25) is 10.0 Å². The Morgan fingerprint density at radius 2 is 1.96 bits per heavy atom. The Labute approximate surface area is 174 Å². The van der Waals surface area contributed by atoms with E-state index < -0.39 is 0 Å². The van der Waals surface area contributed by atoms with Gasteiger partial charge in [0, 0.05) is 60.8 Å². The summed E-state index contributed by atoms with van der Waals surface area (Å²) in [5, 5.41) is 9.92. The average molecular weight is 421 g/mol. The molecule has 3 aromatic rings. The van der Waals surface area contributed by atoms with Gasteiger partial charge in [0.05, 0.1) is 6.34 Å². The van der Waals surface area contributed by atoms with E-state index in [4.69, 9.17) is 32.7 Å². The second-order valence-corrected chi connectivity index (χ2v) is 7.02. The topological polar surface area (TPSA) is 60.7 Å². The number of nitrogens with one attached hydrogen (secondary N) is 1. The van der Waals surface area contributed by atoms with Gasteiger partial charge in [-0.1, -0.05) is 41.4 Å². The van der Waals surface area contributed by atoms with Crippen LogP contribution in [-0.2, 0) is 16.5 Å². The highest BCUT2D eigenvalue weighted by molar-refractivity contribution is 6.36. The number of rotatable bonds is 8. The largest absolute Gasteiger partial charge is 0.376 e. The SMILES string of the molecule is COC(CCN/C=N/c1c2cccc(-c3ccc(Cl)cc3Cl)c2nn1C)OC. The third-order valence-electron chi connectivity index (χ3n) is 4.38. The van der Waals surface area contributed by atoms with Crippen LogP contribution in [-0.4, -0.2) is 43.2 Å². The summed E-state index contributed by atoms with van der Waals surface area (Å²) in [5.74, 6) is 0.754. The quantitative estimate of drug-likeness (QED) is 0.246. The maximum Gasteiger partial charge on any atom is 0.159 e. The number of nitrogens with zero attached hydrogens (tertiary/aromatic N) is 3. The van der Waals surface area contributed by atoms with E-state index in [1.54, 1.807) is 31.3 Å². The van der Waals surface area contributed by atoms with Crippen LogP contribution in [0.5, 0.6) is 0 Å². The van der Waals surface area contributed by atoms with Crippen molar-refractivity contribution in [3.05, 3.63) is 46.4 Å². The number of aromatic nitrogens is 2. The molecule has 8 heteroatoms. The fraction of sp³-hybridized carbons (Fsp3) is 0.300. The van der Waals surface area contributed by atoms with Crippen molar-refractivity contribution in [3.8, 4) is 11.1 Å². The first-order valence-corrected chi connectivity index (χ1v) is 9.53. The van der Waals surface area contributed by atoms with Gasteiger partial charge in [0.1, 0.15) is 5.52 Å². The lowest BCUT2D eigenvalue weighted by atomic mass is 10.0. The molecule has 148 valence electrons. The van der Waals surface area contributed by atoms with Gasteiger partial charge in [-0.15, -0.1) is 0 Å². The average Bonchev–Trinajstić information content (AvgIpc) is 3.00. The van der Waals surface area contributed by atoms with Gasteiger partial charge in [-0.05, 0) is 18.2 Å². The third kappa shape index (κ3) is 4.47. The molecule has 1 N–H and O–H groups in total. The molecule has 3 rings (SSSR count). The second-order valence-electron chi connectivity index (χ2n) is 6.18. The van der Waals surface area contributed by atoms with Gasteiger partial charge in [0.25, 0.3) is 0 Å². The number of aliphatic imine (C=N–C) groups is 1. The number of ether oxygens (including phenoxy) is 2. The lowest BCUT2D eigenvalue weighted by molar-refractivity contribution is -0.104. The first-order chi connectivity index (χ1) is 13.5. The molecular formula is C20H22Cl2N4O2. The number of methoxy groups -OCH3 is 2. The standard InChI is InChI=1S/C20H22Cl2N4O2/c1-26-20(24-12-23-10-9-18(27-2)28-3)16-6-4-5-15(19(16)25-26)14-8-7-13(21)11-17(14)22/h4-8,11-12,18H,9-10H2,1-3H3,(H,23,24). The van der Waals surface area contributed by atoms with E-state index in [9.17, 15) is 0 Å². The van der Waals surface area contributed by atoms with E-state index in [0.717, 1.165) is 27.8 Å². The summed E-state index contributed by atoms with van der Waals surface area (Å²) < 4.78 is 12.1. The molecule has 0 atom stereocenters. The van der Waals surface area contributed by atoms with Crippen molar-refractivity contribution < 1.29 is 9.47 Å². The highest BCUT2D eigenvalue weighted by Crippen LogP contribution is 2.37. The molecule has 0 saturated heterocycles. The molecule has 0 saturated carbocycles. The van der Waals surface area contributed by atoms with Gasteiger partial charge < -0.3 is 14.8 Å². The Kier molecular flexibility index (Phi) is 6.91. The Hall–Kier alpha value is -2.12. The highest BCUT2D eigenvalue weighted by Gasteiger charge is 2.14. The molecule has 0 aliphatic carbocycles. The van der Waals surface area contributed by atoms with Crippen LogP contribution in [0.4, 0.5) is 5.82 Å². The minimum Gasteiger partial charge on any atom is -0.376 e. The predicted molar refractivity (Wildman–Crippen MR) is 115 cm³/mol. The van der Waals surface area contributed by atoms with Gasteiger partial charge in [0.15, 0.2) is 12.1 Å². The van der Waals surface area contributed by atoms with Crippen molar-refractivity contribution in [2.75, 3.05) is 20.8 Å². The Bertz CT molecular complexity index is 984. The zero-order chi connectivity index (χ0) is 20.1. The normalized spacial score (nSPS) is 11.8. The summed E-state index contributed by atoms with van der Waals surface area (Å²) in [4.78, 5) is 4.54. The second kappa shape index (κ2) is 9.39. The summed E-state index contributed by atoms with van der Waals surface area (Å²) in [6, 6.07) is 11.4. The smallest absolute Gasteiger partial charge is 0.159 e. The van der Waals surface area contributed by atoms with E-state index in [2.05, 4.69) is 15.4 Å². The predicted octanol–water partition coefficient (Wildman–Crippen LogP) is 4.81. The fourth-order valence-corrected chi connectivity index (χ4v) is 3.50. The summed E-state index contributed by atoms with van der Waals surface area (Å²) in [5.41, 5.74) is 2.65. The number of hydrogen-bond donors (Lipinski definition) is 1. The third-order valence-corrected chi connectivity index (χ3v) is 4.93. The van der Waals surface area contributed by atoms with Crippen LogP contribution in [0, 0.1) is 0 Å². The Morgan fingerprint density at radius 3 is 2.68 bits per heavy atom. The monoisotopic (exact) mass is 420 g/mol. The maximum atomic E-state index is 6.40. The molecule has 0 aliphatic rings. The lowest BCUT2D eigenvalue weighted by Crippen LogP contribution is -2.21. The van der Waals surface area contributed by atoms with Gasteiger partial charge in [-0.3, -0.25) is 0 Å². The van der Waals surface area contributed by atoms with Crippen LogP contribution in [0.25, 0.3) is 22.0 Å². The number of aryl methyl sites for hydroxylation is 1. The van der Waals surface area contributed by atoms with Crippen molar-refractivity contribution in [2.45, 2.75) is 12.7 Å². The minimum atomic E-state index is -0.231. The molecule has 1 heterocycles. The minimum absolute atomic E-state index is 0.231. The van der Waals surface area contributed by atoms with Gasteiger partial charge in [0.2, 0.25) is 0 Å². The molecule has 0 bridgehead atoms. The lowest BCUT2D eigenvalue weighted by Gasteiger charge is -2.12. The number of hydrogen-bond acceptors (Lipinski definition) is 4. The molecule has 1 aromatic heterocycles. The van der Waals surface area contributed by atoms with E-state index in [-0.39, 0.29) is 6.29 Å². The van der Waals surface area contributed by atoms with Gasteiger partial charge in [-0.25, -0.2) is 9.67 Å². The van der Waals surface area contributed by atoms with Crippen LogP contribution >= 0.6 is 23.2 Å². The van der Waals surface area contributed by atoms with E-state index in [1.165, 1.54) is 0 Å².